The van der Waals surface area contributed by atoms with Gasteiger partial charge in [0.1, 0.15) is 0 Å². The quantitative estimate of drug-likeness (QED) is 0.715. The van der Waals surface area contributed by atoms with Crippen LogP contribution in [0.25, 0.3) is 0 Å². The van der Waals surface area contributed by atoms with Gasteiger partial charge in [-0.05, 0) is 52.7 Å². The summed E-state index contributed by atoms with van der Waals surface area (Å²) in [6.45, 7) is 4.30. The molecule has 0 bridgehead atoms. The number of carbonyl (C=O) groups is 1. The summed E-state index contributed by atoms with van der Waals surface area (Å²) in [5.74, 6) is -0.0726. The SMILES string of the molecule is CCOC(=O)C1(CCCO)CCN(C)CC1. The minimum atomic E-state index is -0.342. The van der Waals surface area contributed by atoms with Gasteiger partial charge in [0.05, 0.1) is 12.0 Å². The van der Waals surface area contributed by atoms with Gasteiger partial charge in [0, 0.05) is 6.61 Å². The number of esters is 1. The molecule has 0 unspecified atom stereocenters. The van der Waals surface area contributed by atoms with Crippen LogP contribution >= 0.6 is 0 Å². The number of aliphatic hydroxyl groups is 1. The molecule has 1 saturated heterocycles. The van der Waals surface area contributed by atoms with Crippen molar-refractivity contribution >= 4 is 5.97 Å². The molecule has 94 valence electrons. The van der Waals surface area contributed by atoms with Gasteiger partial charge in [-0.25, -0.2) is 0 Å². The van der Waals surface area contributed by atoms with Gasteiger partial charge in [-0.1, -0.05) is 0 Å². The first kappa shape index (κ1) is 13.5. The van der Waals surface area contributed by atoms with E-state index in [0.717, 1.165) is 32.4 Å². The lowest BCUT2D eigenvalue weighted by Crippen LogP contribution is -2.44. The van der Waals surface area contributed by atoms with E-state index in [1.807, 2.05) is 6.92 Å². The average Bonchev–Trinajstić information content (AvgIpc) is 2.29. The largest absolute Gasteiger partial charge is 0.466 e. The van der Waals surface area contributed by atoms with Crippen molar-refractivity contribution in [1.82, 2.24) is 4.90 Å². The normalized spacial score (nSPS) is 20.7. The topological polar surface area (TPSA) is 49.8 Å². The maximum Gasteiger partial charge on any atom is 0.312 e. The molecule has 1 aliphatic heterocycles. The molecule has 4 heteroatoms. The number of hydrogen-bond donors (Lipinski definition) is 1. The van der Waals surface area contributed by atoms with Crippen molar-refractivity contribution in [3.05, 3.63) is 0 Å². The van der Waals surface area contributed by atoms with Crippen LogP contribution in [0.3, 0.4) is 0 Å². The van der Waals surface area contributed by atoms with Crippen molar-refractivity contribution in [2.24, 2.45) is 5.41 Å². The van der Waals surface area contributed by atoms with Crippen molar-refractivity contribution in [3.63, 3.8) is 0 Å². The van der Waals surface area contributed by atoms with Gasteiger partial charge in [-0.15, -0.1) is 0 Å². The number of carbonyl (C=O) groups excluding carboxylic acids is 1. The first-order chi connectivity index (χ1) is 7.64. The zero-order valence-corrected chi connectivity index (χ0v) is 10.4. The zero-order valence-electron chi connectivity index (χ0n) is 10.4. The number of hydrogen-bond acceptors (Lipinski definition) is 4. The van der Waals surface area contributed by atoms with E-state index in [0.29, 0.717) is 13.0 Å². The monoisotopic (exact) mass is 229 g/mol. The van der Waals surface area contributed by atoms with Gasteiger partial charge in [0.15, 0.2) is 0 Å². The molecule has 1 N–H and O–H groups in total. The molecule has 0 saturated carbocycles. The third-order valence-corrected chi connectivity index (χ3v) is 3.47. The fourth-order valence-electron chi connectivity index (χ4n) is 2.30. The molecule has 0 aliphatic carbocycles. The molecule has 0 atom stereocenters. The molecule has 0 aromatic heterocycles. The van der Waals surface area contributed by atoms with E-state index in [9.17, 15) is 4.79 Å². The zero-order chi connectivity index (χ0) is 12.0. The van der Waals surface area contributed by atoms with E-state index in [2.05, 4.69) is 11.9 Å². The molecule has 1 rings (SSSR count). The second-order valence-corrected chi connectivity index (χ2v) is 4.63. The van der Waals surface area contributed by atoms with Crippen LogP contribution in [-0.2, 0) is 9.53 Å². The van der Waals surface area contributed by atoms with Crippen LogP contribution in [0, 0.1) is 5.41 Å². The van der Waals surface area contributed by atoms with Crippen LogP contribution in [0.5, 0.6) is 0 Å². The van der Waals surface area contributed by atoms with Crippen LogP contribution in [0.15, 0.2) is 0 Å². The van der Waals surface area contributed by atoms with Crippen LogP contribution in [0.1, 0.15) is 32.6 Å². The predicted molar refractivity (Wildman–Crippen MR) is 62.1 cm³/mol. The Balaban J connectivity index is 2.64. The molecule has 1 fully saturated rings. The Hall–Kier alpha value is -0.610. The van der Waals surface area contributed by atoms with Gasteiger partial charge in [0.2, 0.25) is 0 Å². The molecule has 0 amide bonds. The van der Waals surface area contributed by atoms with E-state index >= 15 is 0 Å². The highest BCUT2D eigenvalue weighted by Crippen LogP contribution is 2.37. The number of piperidine rings is 1. The maximum atomic E-state index is 12.0. The summed E-state index contributed by atoms with van der Waals surface area (Å²) in [7, 11) is 2.07. The van der Waals surface area contributed by atoms with Crippen LogP contribution < -0.4 is 0 Å². The van der Waals surface area contributed by atoms with Crippen LogP contribution in [0.4, 0.5) is 0 Å². The van der Waals surface area contributed by atoms with Crippen molar-refractivity contribution < 1.29 is 14.6 Å². The summed E-state index contributed by atoms with van der Waals surface area (Å²) < 4.78 is 5.18. The fourth-order valence-corrected chi connectivity index (χ4v) is 2.30. The Morgan fingerprint density at radius 2 is 2.06 bits per heavy atom. The Morgan fingerprint density at radius 1 is 1.44 bits per heavy atom. The van der Waals surface area contributed by atoms with E-state index in [1.54, 1.807) is 0 Å². The molecule has 1 heterocycles. The van der Waals surface area contributed by atoms with Gasteiger partial charge in [0.25, 0.3) is 0 Å². The number of likely N-dealkylation sites (tertiary alicyclic amines) is 1. The predicted octanol–water partition coefficient (Wildman–Crippen LogP) is 1.03. The van der Waals surface area contributed by atoms with Gasteiger partial charge in [-0.2, -0.15) is 0 Å². The first-order valence-electron chi connectivity index (χ1n) is 6.11. The standard InChI is InChI=1S/C12H23NO3/c1-3-16-11(15)12(5-4-10-14)6-8-13(2)9-7-12/h14H,3-10H2,1-2H3. The third kappa shape index (κ3) is 3.19. The highest BCUT2D eigenvalue weighted by atomic mass is 16.5. The highest BCUT2D eigenvalue weighted by Gasteiger charge is 2.41. The Labute approximate surface area is 97.6 Å². The molecule has 0 aromatic rings. The lowest BCUT2D eigenvalue weighted by molar-refractivity contribution is -0.159. The molecule has 4 nitrogen and oxygen atoms in total. The lowest BCUT2D eigenvalue weighted by Gasteiger charge is -2.38. The van der Waals surface area contributed by atoms with Gasteiger partial charge >= 0.3 is 5.97 Å². The Morgan fingerprint density at radius 3 is 2.56 bits per heavy atom. The number of nitrogens with zero attached hydrogens (tertiary/aromatic N) is 1. The summed E-state index contributed by atoms with van der Waals surface area (Å²) in [5.41, 5.74) is -0.342. The molecule has 16 heavy (non-hydrogen) atoms. The smallest absolute Gasteiger partial charge is 0.312 e. The molecule has 0 spiro atoms. The van der Waals surface area contributed by atoms with E-state index in [1.165, 1.54) is 0 Å². The molecule has 0 aromatic carbocycles. The number of ether oxygens (including phenoxy) is 1. The summed E-state index contributed by atoms with van der Waals surface area (Å²) in [6.07, 6.45) is 3.13. The Bertz CT molecular complexity index is 217. The molecule has 1 aliphatic rings. The summed E-state index contributed by atoms with van der Waals surface area (Å²) >= 11 is 0. The van der Waals surface area contributed by atoms with E-state index in [-0.39, 0.29) is 18.0 Å². The second-order valence-electron chi connectivity index (χ2n) is 4.63. The minimum Gasteiger partial charge on any atom is -0.466 e. The third-order valence-electron chi connectivity index (χ3n) is 3.47. The van der Waals surface area contributed by atoms with Crippen LogP contribution in [-0.4, -0.2) is 49.3 Å². The summed E-state index contributed by atoms with van der Waals surface area (Å²) in [6, 6.07) is 0. The summed E-state index contributed by atoms with van der Waals surface area (Å²) in [4.78, 5) is 14.2. The van der Waals surface area contributed by atoms with Gasteiger partial charge in [-0.3, -0.25) is 4.79 Å². The van der Waals surface area contributed by atoms with Crippen molar-refractivity contribution in [1.29, 1.82) is 0 Å². The lowest BCUT2D eigenvalue weighted by atomic mass is 9.75. The number of rotatable bonds is 5. The van der Waals surface area contributed by atoms with Crippen molar-refractivity contribution in [2.45, 2.75) is 32.6 Å². The number of aliphatic hydroxyl groups excluding tert-OH is 1. The van der Waals surface area contributed by atoms with Crippen LogP contribution in [0.2, 0.25) is 0 Å². The van der Waals surface area contributed by atoms with Crippen molar-refractivity contribution in [2.75, 3.05) is 33.4 Å². The van der Waals surface area contributed by atoms with E-state index < -0.39 is 0 Å². The first-order valence-corrected chi connectivity index (χ1v) is 6.11. The minimum absolute atomic E-state index is 0.0726. The maximum absolute atomic E-state index is 12.0. The van der Waals surface area contributed by atoms with Crippen molar-refractivity contribution in [3.8, 4) is 0 Å². The highest BCUT2D eigenvalue weighted by molar-refractivity contribution is 5.77. The average molecular weight is 229 g/mol. The second kappa shape index (κ2) is 6.21. The molecule has 0 radical (unpaired) electrons. The molecular formula is C12H23NO3. The Kier molecular flexibility index (Phi) is 5.22. The van der Waals surface area contributed by atoms with E-state index in [4.69, 9.17) is 9.84 Å². The summed E-state index contributed by atoms with van der Waals surface area (Å²) in [5, 5.41) is 8.91. The fraction of sp³-hybridized carbons (Fsp3) is 0.917. The van der Waals surface area contributed by atoms with Gasteiger partial charge < -0.3 is 14.7 Å². The molecular weight excluding hydrogens is 206 g/mol.